The van der Waals surface area contributed by atoms with Crippen LogP contribution >= 0.6 is 0 Å². The SMILES string of the molecule is C1CCOC1.CN1CCC(N(C)C(=O)c2ccc(Nc3nc4c(N5C[C@@H]6CC(O)(c7ccccc7)C[C@@H]6C5)cccn4n3)cc2)CC1.CN1CCC(N(C)C(=O)c2ccc(Nc3nc4c(N5C[C@H]6CC(=O)C[C@H]6C5)cccn4n3)cc2)CC1.[Cl-].[Mg+2].[c-]1ccccc1. The second kappa shape index (κ2) is 30.5. The number of Topliss-reactive ketones (excluding diaryl/α,β-unsaturated/α-hetero) is 1. The van der Waals surface area contributed by atoms with Crippen LogP contribution in [0.25, 0.3) is 11.3 Å². The molecule has 9 heterocycles. The van der Waals surface area contributed by atoms with Crippen LogP contribution in [-0.2, 0) is 15.1 Å². The van der Waals surface area contributed by atoms with E-state index in [1.165, 1.54) is 12.8 Å². The zero-order valence-corrected chi connectivity index (χ0v) is 55.2. The fraction of sp³-hybridized carbons (Fsp3) is 0.443. The Hall–Kier alpha value is -7.17. The summed E-state index contributed by atoms with van der Waals surface area (Å²) >= 11 is 0. The van der Waals surface area contributed by atoms with Crippen LogP contribution in [-0.4, -0.2) is 200 Å². The van der Waals surface area contributed by atoms with Gasteiger partial charge in [-0.2, -0.15) is 46.4 Å². The fourth-order valence-electron chi connectivity index (χ4n) is 14.2. The Bertz CT molecular complexity index is 3590. The maximum Gasteiger partial charge on any atom is 2.00 e. The molecule has 5 saturated heterocycles. The van der Waals surface area contributed by atoms with Crippen LogP contribution < -0.4 is 32.8 Å². The Morgan fingerprint density at radius 1 is 0.582 bits per heavy atom. The first-order valence-corrected chi connectivity index (χ1v) is 32.0. The standard InChI is InChI=1S/C33H39N7O2.C27H33N7O2.C6H5.C4H8O.ClH.Mg/c1-37-17-14-28(15-18-37)38(2)31(41)23-10-12-27(13-11-23)34-32-35-30-29(9-6-16-40(30)36-32)39-21-24-19-33(42,20-25(24)22-39)26-7-4-3-5-8-26;1-31-12-9-22(10-13-31)32(2)26(36)18-5-7-21(8-6-18)28-27-29-25-24(4-3-11-34(25)30-27)33-16-19-14-23(35)15-20(19)17-33;1-2-4-6-5-3-1;1-2-4-5-3-1;;/h3-13,16,24-25,28,42H,14-15,17-22H2,1-2H3,(H,34,36);3-8,11,19-20,22H,9-10,12-17H2,1-2H3,(H,28,30);1-5H;1-4H2;1H;/q;;-1;;;+2/p-1/t24-,25+,33?;19-,20+;;;;. The van der Waals surface area contributed by atoms with Gasteiger partial charge >= 0.3 is 23.1 Å². The Morgan fingerprint density at radius 3 is 1.38 bits per heavy atom. The number of pyridine rings is 2. The molecule has 15 rings (SSSR count). The quantitative estimate of drug-likeness (QED) is 0.0964. The van der Waals surface area contributed by atoms with Gasteiger partial charge < -0.3 is 62.3 Å². The van der Waals surface area contributed by atoms with Crippen molar-refractivity contribution < 1.29 is 36.6 Å². The summed E-state index contributed by atoms with van der Waals surface area (Å²) in [5, 5.41) is 27.3. The van der Waals surface area contributed by atoms with Crippen LogP contribution in [0, 0.1) is 29.7 Å². The molecule has 0 spiro atoms. The molecule has 19 nitrogen and oxygen atoms in total. The third-order valence-electron chi connectivity index (χ3n) is 19.3. The van der Waals surface area contributed by atoms with Crippen molar-refractivity contribution in [2.24, 2.45) is 23.7 Å². The van der Waals surface area contributed by atoms with Gasteiger partial charge in [-0.15, -0.1) is 10.2 Å². The minimum Gasteiger partial charge on any atom is -1.00 e. The van der Waals surface area contributed by atoms with Crippen molar-refractivity contribution in [1.82, 2.24) is 48.8 Å². The minimum absolute atomic E-state index is 0. The summed E-state index contributed by atoms with van der Waals surface area (Å²) in [6.45, 7) is 9.69. The number of hydrogen-bond donors (Lipinski definition) is 3. The number of piperidine rings is 2. The van der Waals surface area contributed by atoms with Gasteiger partial charge in [0.15, 0.2) is 11.3 Å². The summed E-state index contributed by atoms with van der Waals surface area (Å²) in [6.07, 6.45) is 13.4. The number of aliphatic hydroxyl groups is 1. The molecule has 0 bridgehead atoms. The van der Waals surface area contributed by atoms with Gasteiger partial charge in [0.1, 0.15) is 5.78 Å². The number of nitrogens with zero attached hydrogens (tertiary/aromatic N) is 12. The van der Waals surface area contributed by atoms with E-state index in [-0.39, 0.29) is 53.3 Å². The number of halogens is 1. The maximum atomic E-state index is 13.1. The maximum absolute atomic E-state index is 13.1. The number of ketones is 1. The summed E-state index contributed by atoms with van der Waals surface area (Å²) in [6, 6.07) is 46.5. The largest absolute Gasteiger partial charge is 2.00 e. The molecule has 21 heteroatoms. The van der Waals surface area contributed by atoms with Crippen LogP contribution in [0.3, 0.4) is 0 Å². The van der Waals surface area contributed by atoms with Crippen LogP contribution in [0.2, 0.25) is 0 Å². The Morgan fingerprint density at radius 2 is 1.00 bits per heavy atom. The zero-order chi connectivity index (χ0) is 61.4. The van der Waals surface area contributed by atoms with E-state index in [0.29, 0.717) is 71.4 Å². The topological polar surface area (TPSA) is 185 Å². The summed E-state index contributed by atoms with van der Waals surface area (Å²) < 4.78 is 8.56. The normalized spacial score (nSPS) is 22.3. The van der Waals surface area contributed by atoms with Crippen molar-refractivity contribution in [2.45, 2.75) is 81.9 Å². The third kappa shape index (κ3) is 16.0. The number of benzene rings is 4. The first-order valence-electron chi connectivity index (χ1n) is 32.0. The van der Waals surface area contributed by atoms with Gasteiger partial charge in [-0.3, -0.25) is 14.4 Å². The van der Waals surface area contributed by atoms with E-state index >= 15 is 0 Å². The molecule has 7 aliphatic rings. The molecule has 2 amide bonds. The van der Waals surface area contributed by atoms with Crippen molar-refractivity contribution in [3.8, 4) is 0 Å². The fourth-order valence-corrected chi connectivity index (χ4v) is 14.2. The number of anilines is 6. The van der Waals surface area contributed by atoms with Gasteiger partial charge in [0.2, 0.25) is 11.9 Å². The predicted octanol–water partition coefficient (Wildman–Crippen LogP) is 6.33. The molecular formula is C70H85ClMgN14O5. The molecule has 7 fully saturated rings. The van der Waals surface area contributed by atoms with Gasteiger partial charge in [-0.1, -0.05) is 30.3 Å². The molecule has 3 N–H and O–H groups in total. The molecular weight excluding hydrogens is 1180 g/mol. The van der Waals surface area contributed by atoms with Gasteiger partial charge in [0.05, 0.1) is 17.0 Å². The van der Waals surface area contributed by atoms with Crippen LogP contribution in [0.1, 0.15) is 90.5 Å². The Balaban J connectivity index is 0.000000169. The molecule has 474 valence electrons. The van der Waals surface area contributed by atoms with Crippen molar-refractivity contribution >= 4 is 86.6 Å². The number of fused-ring (bicyclic) bond motifs is 4. The number of aromatic nitrogens is 6. The van der Waals surface area contributed by atoms with Crippen LogP contribution in [0.4, 0.5) is 34.6 Å². The first kappa shape index (κ1) is 66.7. The van der Waals surface area contributed by atoms with Crippen molar-refractivity contribution in [2.75, 3.05) is 114 Å². The Kier molecular flexibility index (Phi) is 22.4. The third-order valence-corrected chi connectivity index (χ3v) is 19.3. The number of carbonyl (C=O) groups is 3. The molecule has 91 heavy (non-hydrogen) atoms. The van der Waals surface area contributed by atoms with E-state index in [2.05, 4.69) is 72.7 Å². The number of likely N-dealkylation sites (tertiary alicyclic amines) is 2. The zero-order valence-electron chi connectivity index (χ0n) is 53.0. The average Bonchev–Trinajstić information content (AvgIpc) is 1.66. The van der Waals surface area contributed by atoms with E-state index in [4.69, 9.17) is 14.7 Å². The number of rotatable bonds is 11. The molecule has 4 aromatic heterocycles. The van der Waals surface area contributed by atoms with Gasteiger partial charge in [0, 0.05) is 113 Å². The average molecular weight is 1260 g/mol. The summed E-state index contributed by atoms with van der Waals surface area (Å²) in [5.41, 5.74) is 7.07. The van der Waals surface area contributed by atoms with Crippen LogP contribution in [0.15, 0.2) is 146 Å². The van der Waals surface area contributed by atoms with Crippen LogP contribution in [0.5, 0.6) is 0 Å². The molecule has 4 aromatic carbocycles. The van der Waals surface area contributed by atoms with Crippen molar-refractivity contribution in [3.63, 3.8) is 0 Å². The van der Waals surface area contributed by atoms with E-state index < -0.39 is 5.60 Å². The molecule has 5 atom stereocenters. The summed E-state index contributed by atoms with van der Waals surface area (Å²) in [5.74, 6) is 3.34. The Labute approximate surface area is 557 Å². The monoisotopic (exact) mass is 1260 g/mol. The number of carbonyl (C=O) groups excluding carboxylic acids is 3. The second-order valence-electron chi connectivity index (χ2n) is 25.5. The molecule has 0 radical (unpaired) electrons. The van der Waals surface area contributed by atoms with Crippen molar-refractivity contribution in [1.29, 1.82) is 0 Å². The predicted molar refractivity (Wildman–Crippen MR) is 354 cm³/mol. The molecule has 8 aromatic rings. The smallest absolute Gasteiger partial charge is 1.00 e. The number of hydrogen-bond acceptors (Lipinski definition) is 15. The number of amides is 2. The van der Waals surface area contributed by atoms with E-state index in [0.717, 1.165) is 144 Å². The molecule has 1 unspecified atom stereocenters. The van der Waals surface area contributed by atoms with E-state index in [1.54, 1.807) is 4.52 Å². The van der Waals surface area contributed by atoms with Crippen molar-refractivity contribution in [3.05, 3.63) is 169 Å². The molecule has 5 aliphatic heterocycles. The minimum atomic E-state index is -0.733. The summed E-state index contributed by atoms with van der Waals surface area (Å²) in [4.78, 5) is 60.7. The summed E-state index contributed by atoms with van der Waals surface area (Å²) in [7, 11) is 8.09. The van der Waals surface area contributed by atoms with E-state index in [9.17, 15) is 19.5 Å². The number of ether oxygens (including phenoxy) is 1. The molecule has 2 aliphatic carbocycles. The number of nitrogens with one attached hydrogen (secondary N) is 2. The molecule has 2 saturated carbocycles. The second-order valence-corrected chi connectivity index (χ2v) is 25.5. The van der Waals surface area contributed by atoms with Gasteiger partial charge in [0.25, 0.3) is 11.8 Å². The van der Waals surface area contributed by atoms with Gasteiger partial charge in [-0.25, -0.2) is 9.03 Å². The van der Waals surface area contributed by atoms with Gasteiger partial charge in [-0.05, 0) is 194 Å². The first-order chi connectivity index (χ1) is 43.3. The van der Waals surface area contributed by atoms with E-state index in [1.807, 2.05) is 162 Å².